The SMILES string of the molecule is Cc1cccc(Oc2ccc(C(=O)OC(C)(C)C)c(NC(=O)c3ccccc3)c2)c1C. The Labute approximate surface area is 183 Å². The van der Waals surface area contributed by atoms with E-state index in [-0.39, 0.29) is 11.5 Å². The first kappa shape index (κ1) is 22.1. The van der Waals surface area contributed by atoms with Crippen LogP contribution in [0.5, 0.6) is 11.5 Å². The fraction of sp³-hybridized carbons (Fsp3) is 0.231. The second-order valence-corrected chi connectivity index (χ2v) is 8.33. The van der Waals surface area contributed by atoms with Crippen molar-refractivity contribution >= 4 is 17.6 Å². The third kappa shape index (κ3) is 5.72. The van der Waals surface area contributed by atoms with E-state index in [4.69, 9.17) is 9.47 Å². The summed E-state index contributed by atoms with van der Waals surface area (Å²) < 4.78 is 11.6. The van der Waals surface area contributed by atoms with E-state index in [1.165, 1.54) is 0 Å². The van der Waals surface area contributed by atoms with Gasteiger partial charge in [0.2, 0.25) is 0 Å². The number of hydrogen-bond donors (Lipinski definition) is 1. The molecule has 31 heavy (non-hydrogen) atoms. The predicted molar refractivity (Wildman–Crippen MR) is 122 cm³/mol. The maximum atomic E-state index is 12.8. The molecule has 0 bridgehead atoms. The zero-order valence-corrected chi connectivity index (χ0v) is 18.5. The van der Waals surface area contributed by atoms with Gasteiger partial charge in [-0.2, -0.15) is 0 Å². The second-order valence-electron chi connectivity index (χ2n) is 8.33. The van der Waals surface area contributed by atoms with Gasteiger partial charge in [0.05, 0.1) is 11.3 Å². The number of esters is 1. The first-order valence-electron chi connectivity index (χ1n) is 10.1. The van der Waals surface area contributed by atoms with E-state index in [1.54, 1.807) is 63.2 Å². The quantitative estimate of drug-likeness (QED) is 0.495. The number of amides is 1. The normalized spacial score (nSPS) is 11.0. The Hall–Kier alpha value is -3.60. The largest absolute Gasteiger partial charge is 0.457 e. The van der Waals surface area contributed by atoms with Gasteiger partial charge in [-0.15, -0.1) is 0 Å². The Kier molecular flexibility index (Phi) is 6.44. The molecule has 1 amide bonds. The molecule has 0 aliphatic carbocycles. The summed E-state index contributed by atoms with van der Waals surface area (Å²) in [5, 5.41) is 2.83. The van der Waals surface area contributed by atoms with Crippen molar-refractivity contribution in [3.8, 4) is 11.5 Å². The lowest BCUT2D eigenvalue weighted by atomic mass is 10.1. The molecule has 0 spiro atoms. The molecule has 0 saturated heterocycles. The molecule has 0 fully saturated rings. The van der Waals surface area contributed by atoms with Crippen molar-refractivity contribution in [3.05, 3.63) is 89.0 Å². The van der Waals surface area contributed by atoms with Crippen LogP contribution < -0.4 is 10.1 Å². The lowest BCUT2D eigenvalue weighted by Gasteiger charge is -2.21. The zero-order chi connectivity index (χ0) is 22.6. The van der Waals surface area contributed by atoms with Crippen LogP contribution in [0.1, 0.15) is 52.6 Å². The van der Waals surface area contributed by atoms with Crippen LogP contribution in [0.15, 0.2) is 66.7 Å². The molecule has 0 saturated carbocycles. The van der Waals surface area contributed by atoms with Crippen molar-refractivity contribution in [2.24, 2.45) is 0 Å². The van der Waals surface area contributed by atoms with Crippen LogP contribution in [0.4, 0.5) is 5.69 Å². The van der Waals surface area contributed by atoms with Gasteiger partial charge < -0.3 is 14.8 Å². The summed E-state index contributed by atoms with van der Waals surface area (Å²) in [6.07, 6.45) is 0. The number of hydrogen-bond acceptors (Lipinski definition) is 4. The monoisotopic (exact) mass is 417 g/mol. The van der Waals surface area contributed by atoms with E-state index < -0.39 is 11.6 Å². The van der Waals surface area contributed by atoms with Gasteiger partial charge in [-0.3, -0.25) is 4.79 Å². The molecule has 5 nitrogen and oxygen atoms in total. The molecular weight excluding hydrogens is 390 g/mol. The Bertz CT molecular complexity index is 1100. The van der Waals surface area contributed by atoms with Gasteiger partial charge in [0.15, 0.2) is 0 Å². The number of nitrogens with one attached hydrogen (secondary N) is 1. The summed E-state index contributed by atoms with van der Waals surface area (Å²) in [6.45, 7) is 9.39. The summed E-state index contributed by atoms with van der Waals surface area (Å²) in [5.74, 6) is 0.373. The van der Waals surface area contributed by atoms with Crippen molar-refractivity contribution in [2.75, 3.05) is 5.32 Å². The van der Waals surface area contributed by atoms with Gasteiger partial charge in [-0.25, -0.2) is 4.79 Å². The number of anilines is 1. The van der Waals surface area contributed by atoms with Crippen LogP contribution in [0.2, 0.25) is 0 Å². The van der Waals surface area contributed by atoms with E-state index in [2.05, 4.69) is 5.32 Å². The highest BCUT2D eigenvalue weighted by molar-refractivity contribution is 6.08. The Balaban J connectivity index is 1.96. The molecule has 0 aliphatic heterocycles. The lowest BCUT2D eigenvalue weighted by Crippen LogP contribution is -2.25. The Morgan fingerprint density at radius 3 is 2.26 bits per heavy atom. The third-order valence-corrected chi connectivity index (χ3v) is 4.68. The molecule has 0 radical (unpaired) electrons. The van der Waals surface area contributed by atoms with Gasteiger partial charge >= 0.3 is 5.97 Å². The van der Waals surface area contributed by atoms with Crippen molar-refractivity contribution < 1.29 is 19.1 Å². The number of carbonyl (C=O) groups is 2. The minimum Gasteiger partial charge on any atom is -0.457 e. The van der Waals surface area contributed by atoms with Crippen LogP contribution >= 0.6 is 0 Å². The summed E-state index contributed by atoms with van der Waals surface area (Å²) in [5.41, 5.74) is 2.54. The van der Waals surface area contributed by atoms with Crippen LogP contribution in [-0.4, -0.2) is 17.5 Å². The molecule has 3 rings (SSSR count). The lowest BCUT2D eigenvalue weighted by molar-refractivity contribution is 0.00708. The molecule has 3 aromatic carbocycles. The summed E-state index contributed by atoms with van der Waals surface area (Å²) in [7, 11) is 0. The standard InChI is InChI=1S/C26H27NO4/c1-17-10-9-13-23(18(17)2)30-20-14-15-21(25(29)31-26(3,4)5)22(16-20)27-24(28)19-11-7-6-8-12-19/h6-16H,1-5H3,(H,27,28). The van der Waals surface area contributed by atoms with Crippen LogP contribution in [-0.2, 0) is 4.74 Å². The highest BCUT2D eigenvalue weighted by atomic mass is 16.6. The average Bonchev–Trinajstić information content (AvgIpc) is 2.71. The number of aryl methyl sites for hydroxylation is 1. The fourth-order valence-corrected chi connectivity index (χ4v) is 2.95. The highest BCUT2D eigenvalue weighted by Crippen LogP contribution is 2.31. The number of rotatable bonds is 5. The molecule has 5 heteroatoms. The van der Waals surface area contributed by atoms with Crippen molar-refractivity contribution in [2.45, 2.75) is 40.2 Å². The highest BCUT2D eigenvalue weighted by Gasteiger charge is 2.22. The van der Waals surface area contributed by atoms with Gasteiger partial charge in [-0.05, 0) is 76.1 Å². The molecular formula is C26H27NO4. The second kappa shape index (κ2) is 9.04. The van der Waals surface area contributed by atoms with E-state index in [1.807, 2.05) is 38.1 Å². The molecule has 0 unspecified atom stereocenters. The van der Waals surface area contributed by atoms with E-state index in [9.17, 15) is 9.59 Å². The van der Waals surface area contributed by atoms with Crippen molar-refractivity contribution in [3.63, 3.8) is 0 Å². The smallest absolute Gasteiger partial charge is 0.340 e. The molecule has 0 aliphatic rings. The number of carbonyl (C=O) groups excluding carboxylic acids is 2. The molecule has 0 aromatic heterocycles. The van der Waals surface area contributed by atoms with Gasteiger partial charge in [0, 0.05) is 11.6 Å². The predicted octanol–water partition coefficient (Wildman–Crippen LogP) is 6.30. The Morgan fingerprint density at radius 2 is 1.58 bits per heavy atom. The summed E-state index contributed by atoms with van der Waals surface area (Å²) in [4.78, 5) is 25.5. The summed E-state index contributed by atoms with van der Waals surface area (Å²) in [6, 6.07) is 19.6. The van der Waals surface area contributed by atoms with Gasteiger partial charge in [0.1, 0.15) is 17.1 Å². The summed E-state index contributed by atoms with van der Waals surface area (Å²) >= 11 is 0. The fourth-order valence-electron chi connectivity index (χ4n) is 2.95. The maximum Gasteiger partial charge on any atom is 0.340 e. The van der Waals surface area contributed by atoms with Gasteiger partial charge in [-0.1, -0.05) is 30.3 Å². The molecule has 0 heterocycles. The van der Waals surface area contributed by atoms with E-state index >= 15 is 0 Å². The third-order valence-electron chi connectivity index (χ3n) is 4.68. The van der Waals surface area contributed by atoms with E-state index in [0.29, 0.717) is 22.7 Å². The van der Waals surface area contributed by atoms with Crippen LogP contribution in [0.25, 0.3) is 0 Å². The topological polar surface area (TPSA) is 64.6 Å². The van der Waals surface area contributed by atoms with Crippen LogP contribution in [0.3, 0.4) is 0 Å². The molecule has 0 atom stereocenters. The average molecular weight is 418 g/mol. The van der Waals surface area contributed by atoms with Gasteiger partial charge in [0.25, 0.3) is 5.91 Å². The molecule has 160 valence electrons. The maximum absolute atomic E-state index is 12.8. The number of benzene rings is 3. The number of ether oxygens (including phenoxy) is 2. The first-order valence-corrected chi connectivity index (χ1v) is 10.1. The molecule has 1 N–H and O–H groups in total. The van der Waals surface area contributed by atoms with Crippen LogP contribution in [0, 0.1) is 13.8 Å². The van der Waals surface area contributed by atoms with Crippen molar-refractivity contribution in [1.82, 2.24) is 0 Å². The van der Waals surface area contributed by atoms with E-state index in [0.717, 1.165) is 11.1 Å². The first-order chi connectivity index (χ1) is 14.6. The molecule has 3 aromatic rings. The minimum absolute atomic E-state index is 0.257. The zero-order valence-electron chi connectivity index (χ0n) is 18.5. The Morgan fingerprint density at radius 1 is 0.871 bits per heavy atom. The minimum atomic E-state index is -0.661. The van der Waals surface area contributed by atoms with Crippen molar-refractivity contribution in [1.29, 1.82) is 0 Å².